The molecule has 0 aromatic heterocycles. The van der Waals surface area contributed by atoms with E-state index in [0.29, 0.717) is 63.4 Å². The van der Waals surface area contributed by atoms with Gasteiger partial charge >= 0.3 is 20.8 Å². The normalized spacial score (nSPS) is 52.6. The number of rotatable bonds is 7. The molecule has 0 aromatic carbocycles. The summed E-state index contributed by atoms with van der Waals surface area (Å²) in [5, 5.41) is 12.1. The molecule has 10 aliphatic heterocycles. The Hall–Kier alpha value is -1.29. The summed E-state index contributed by atoms with van der Waals surface area (Å²) in [5.74, 6) is -0.0297. The first kappa shape index (κ1) is 48.3. The Balaban J connectivity index is 0.817. The zero-order valence-electron chi connectivity index (χ0n) is 38.0. The second-order valence-electron chi connectivity index (χ2n) is 21.3. The summed E-state index contributed by atoms with van der Waals surface area (Å²) in [5.41, 5.74) is -1.71. The van der Waals surface area contributed by atoms with Gasteiger partial charge in [0.25, 0.3) is 0 Å². The molecule has 374 valence electrons. The molecule has 10 saturated heterocycles. The predicted molar refractivity (Wildman–Crippen MR) is 225 cm³/mol. The van der Waals surface area contributed by atoms with Crippen molar-refractivity contribution in [3.63, 3.8) is 0 Å². The van der Waals surface area contributed by atoms with Gasteiger partial charge in [-0.15, -0.1) is 0 Å². The van der Waals surface area contributed by atoms with Gasteiger partial charge in [-0.2, -0.15) is 16.8 Å². The molecule has 10 heterocycles. The quantitative estimate of drug-likeness (QED) is 0.245. The summed E-state index contributed by atoms with van der Waals surface area (Å²) in [4.78, 5) is 12.4. The number of ketones is 1. The van der Waals surface area contributed by atoms with Crippen LogP contribution in [0.15, 0.2) is 12.2 Å². The summed E-state index contributed by atoms with van der Waals surface area (Å²) >= 11 is 0. The van der Waals surface area contributed by atoms with Crippen LogP contribution in [0.4, 0.5) is 0 Å². The van der Waals surface area contributed by atoms with Gasteiger partial charge in [0.05, 0.1) is 109 Å². The minimum Gasteiger partial charge on any atom is -0.387 e. The average molecular weight is 979 g/mol. The number of ether oxygens (including phenoxy) is 10. The van der Waals surface area contributed by atoms with Crippen LogP contribution in [0.1, 0.15) is 112 Å². The van der Waals surface area contributed by atoms with Crippen molar-refractivity contribution < 1.29 is 91.6 Å². The van der Waals surface area contributed by atoms with E-state index in [4.69, 9.17) is 56.1 Å². The van der Waals surface area contributed by atoms with E-state index in [1.807, 2.05) is 6.92 Å². The van der Waals surface area contributed by atoms with Crippen molar-refractivity contribution in [1.29, 1.82) is 0 Å². The third-order valence-electron chi connectivity index (χ3n) is 16.7. The lowest BCUT2D eigenvalue weighted by atomic mass is 9.73. The van der Waals surface area contributed by atoms with E-state index in [0.717, 1.165) is 6.42 Å². The van der Waals surface area contributed by atoms with Gasteiger partial charge in [0, 0.05) is 44.9 Å². The number of fused-ring (bicyclic) bond motifs is 9. The highest BCUT2D eigenvalue weighted by molar-refractivity contribution is 7.81. The molecule has 0 radical (unpaired) electrons. The lowest BCUT2D eigenvalue weighted by Gasteiger charge is -2.60. The Labute approximate surface area is 386 Å². The molecule has 66 heavy (non-hydrogen) atoms. The smallest absolute Gasteiger partial charge is 0.387 e. The molecule has 3 N–H and O–H groups in total. The van der Waals surface area contributed by atoms with Gasteiger partial charge in [0.15, 0.2) is 5.78 Å². The Bertz CT molecular complexity index is 2090. The average Bonchev–Trinajstić information content (AvgIpc) is 3.34. The maximum absolute atomic E-state index is 12.4. The van der Waals surface area contributed by atoms with Gasteiger partial charge in [0.1, 0.15) is 30.0 Å². The number of carbonyl (C=O) groups excluding carboxylic acids is 1. The largest absolute Gasteiger partial charge is 0.397 e. The van der Waals surface area contributed by atoms with Gasteiger partial charge in [-0.3, -0.25) is 13.9 Å². The van der Waals surface area contributed by atoms with Crippen LogP contribution in [0.5, 0.6) is 0 Å². The minimum absolute atomic E-state index is 0.0165. The molecule has 0 bridgehead atoms. The van der Waals surface area contributed by atoms with Gasteiger partial charge in [-0.05, 0) is 71.3 Å². The first-order valence-electron chi connectivity index (χ1n) is 23.7. The maximum Gasteiger partial charge on any atom is 0.397 e. The van der Waals surface area contributed by atoms with Crippen LogP contribution in [0.25, 0.3) is 0 Å². The predicted octanol–water partition coefficient (Wildman–Crippen LogP) is 2.66. The fourth-order valence-electron chi connectivity index (χ4n) is 13.2. The molecule has 10 aliphatic rings. The van der Waals surface area contributed by atoms with E-state index in [2.05, 4.69) is 31.5 Å². The number of hydrogen-bond donors (Lipinski definition) is 3. The minimum atomic E-state index is -4.91. The van der Waals surface area contributed by atoms with Crippen molar-refractivity contribution in [2.24, 2.45) is 5.92 Å². The van der Waals surface area contributed by atoms with E-state index < -0.39 is 105 Å². The van der Waals surface area contributed by atoms with Crippen molar-refractivity contribution in [2.75, 3.05) is 6.61 Å². The molecule has 23 atom stereocenters. The molecule has 0 spiro atoms. The van der Waals surface area contributed by atoms with E-state index in [1.54, 1.807) is 0 Å². The highest BCUT2D eigenvalue weighted by Crippen LogP contribution is 2.53. The third kappa shape index (κ3) is 9.13. The van der Waals surface area contributed by atoms with Crippen molar-refractivity contribution >= 4 is 26.6 Å². The van der Waals surface area contributed by atoms with Crippen LogP contribution < -0.4 is 0 Å². The number of aliphatic hydroxyl groups is 1. The molecule has 22 heteroatoms. The van der Waals surface area contributed by atoms with Crippen LogP contribution in [0.2, 0.25) is 0 Å². The second kappa shape index (κ2) is 17.5. The first-order chi connectivity index (χ1) is 31.0. The van der Waals surface area contributed by atoms with E-state index >= 15 is 0 Å². The molecular weight excluding hydrogens is 913 g/mol. The maximum atomic E-state index is 12.4. The summed E-state index contributed by atoms with van der Waals surface area (Å²) in [6.07, 6.45) is -4.80. The Morgan fingerprint density at radius 1 is 0.682 bits per heavy atom. The van der Waals surface area contributed by atoms with E-state index in [9.17, 15) is 31.3 Å². The van der Waals surface area contributed by atoms with Crippen LogP contribution in [0.3, 0.4) is 0 Å². The molecule has 20 nitrogen and oxygen atoms in total. The monoisotopic (exact) mass is 978 g/mol. The van der Waals surface area contributed by atoms with E-state index in [1.165, 1.54) is 6.92 Å². The molecule has 10 fully saturated rings. The fourth-order valence-corrected chi connectivity index (χ4v) is 14.0. The first-order valence-corrected chi connectivity index (χ1v) is 26.5. The lowest BCUT2D eigenvalue weighted by molar-refractivity contribution is -0.367. The van der Waals surface area contributed by atoms with Crippen LogP contribution in [-0.2, 0) is 81.3 Å². The van der Waals surface area contributed by atoms with Crippen molar-refractivity contribution in [3.8, 4) is 0 Å². The molecule has 0 aliphatic carbocycles. The van der Waals surface area contributed by atoms with Crippen LogP contribution >= 0.6 is 0 Å². The molecule has 0 aromatic rings. The van der Waals surface area contributed by atoms with Crippen molar-refractivity contribution in [1.82, 2.24) is 0 Å². The highest BCUT2D eigenvalue weighted by Gasteiger charge is 2.64. The summed E-state index contributed by atoms with van der Waals surface area (Å²) in [7, 11) is -9.66. The Kier molecular flexibility index (Phi) is 12.8. The van der Waals surface area contributed by atoms with Gasteiger partial charge in [-0.1, -0.05) is 13.5 Å². The second-order valence-corrected chi connectivity index (χ2v) is 23.4. The topological polar surface area (TPSA) is 257 Å². The summed E-state index contributed by atoms with van der Waals surface area (Å²) in [6, 6.07) is 0. The molecule has 0 amide bonds. The van der Waals surface area contributed by atoms with Crippen LogP contribution in [-0.4, -0.2) is 176 Å². The number of carbonyl (C=O) groups is 1. The number of aliphatic hydroxyl groups excluding tert-OH is 1. The zero-order chi connectivity index (χ0) is 46.9. The van der Waals surface area contributed by atoms with Gasteiger partial charge in [0.2, 0.25) is 0 Å². The van der Waals surface area contributed by atoms with Gasteiger partial charge < -0.3 is 52.5 Å². The van der Waals surface area contributed by atoms with Crippen LogP contribution in [0, 0.1) is 5.92 Å². The molecular formula is C44H66O20S2. The highest BCUT2D eigenvalue weighted by atomic mass is 32.3. The Morgan fingerprint density at radius 2 is 1.26 bits per heavy atom. The molecule has 0 unspecified atom stereocenters. The van der Waals surface area contributed by atoms with E-state index in [-0.39, 0.29) is 79.5 Å². The zero-order valence-corrected chi connectivity index (χ0v) is 39.7. The SMILES string of the molecule is C=C1C[C@@H]2O[C@@]3(C)[C@H](C[C@H]2O[C@H]1C(C)=O)O[C@@H]1C[C@@H]2O[C@@H]4C[C@@H]5O[C@@H]6C[C@@H]7O[C@@H]8C[C@H](OS(=O)(=O)O)[C@@H](CCOS(=O)(=O)O)O[C@H]8C[C@H]7O[C@H]6CC[C@@]5(C)O[C@@]4(C)CC[C@H](C)[C@H]2O[C@H]1[C@H]3O. The van der Waals surface area contributed by atoms with Gasteiger partial charge in [-0.25, -0.2) is 8.37 Å². The third-order valence-corrected chi connectivity index (χ3v) is 17.6. The summed E-state index contributed by atoms with van der Waals surface area (Å²) < 4.78 is 141. The van der Waals surface area contributed by atoms with Crippen molar-refractivity contribution in [3.05, 3.63) is 12.2 Å². The number of Topliss-reactive ketones (excluding diaryl/α,β-unsaturated/α-hetero) is 1. The molecule has 0 saturated carbocycles. The Morgan fingerprint density at radius 3 is 1.94 bits per heavy atom. The van der Waals surface area contributed by atoms with Crippen molar-refractivity contribution in [2.45, 2.75) is 244 Å². The fraction of sp³-hybridized carbons (Fsp3) is 0.932. The number of hydrogen-bond acceptors (Lipinski definition) is 18. The molecule has 10 rings (SSSR count). The summed E-state index contributed by atoms with van der Waals surface area (Å²) in [6.45, 7) is 13.4. The standard InChI is InChI=1S/C44H66O20S2/c1-20-7-10-42(4)36(58-33-17-34-40(61-39(20)33)41(46)44(6)37(59-34)18-30-31(62-44)13-21(2)38(60-30)22(3)45)19-35-43(5,64-42)11-8-23-25(57-35)14-28-26(54-23)15-27-29(56-28)16-32(63-66(50,51)52)24(55-27)9-12-53-65(47,48)49/h20,23-41,46H,2,7-19H2,1,3-6H3,(H,47,48,49)(H,50,51,52)/t20-,23-,24+,25+,26+,27-,28-,29+,30+,31-,32-,33-,34+,35-,36+,37-,38+,39+,40+,41+,42-,43+,44-/m0/s1. The lowest BCUT2D eigenvalue weighted by Crippen LogP contribution is -2.73.